The largest absolute Gasteiger partial charge is 0.313 e. The van der Waals surface area contributed by atoms with Crippen LogP contribution >= 0.6 is 34.3 Å². The molecule has 4 aromatic rings. The van der Waals surface area contributed by atoms with E-state index in [1.54, 1.807) is 28.7 Å². The van der Waals surface area contributed by atoms with E-state index in [0.29, 0.717) is 5.02 Å². The zero-order chi connectivity index (χ0) is 24.1. The number of thiophene rings is 1. The van der Waals surface area contributed by atoms with Crippen LogP contribution in [0, 0.1) is 0 Å². The van der Waals surface area contributed by atoms with Crippen LogP contribution in [0.25, 0.3) is 26.9 Å². The summed E-state index contributed by atoms with van der Waals surface area (Å²) in [5, 5.41) is 9.31. The zero-order valence-electron chi connectivity index (χ0n) is 19.5. The van der Waals surface area contributed by atoms with Gasteiger partial charge in [-0.1, -0.05) is 41.9 Å². The summed E-state index contributed by atoms with van der Waals surface area (Å²) in [6, 6.07) is 15.6. The van der Waals surface area contributed by atoms with Gasteiger partial charge in [-0.2, -0.15) is 0 Å². The van der Waals surface area contributed by atoms with Crippen molar-refractivity contribution >= 4 is 61.5 Å². The molecular weight excluding hydrogens is 482 g/mol. The van der Waals surface area contributed by atoms with Gasteiger partial charge in [-0.3, -0.25) is 4.79 Å². The van der Waals surface area contributed by atoms with Crippen molar-refractivity contribution in [1.82, 2.24) is 10.3 Å². The topological polar surface area (TPSA) is 54.0 Å². The molecule has 1 amide bonds. The second kappa shape index (κ2) is 8.61. The van der Waals surface area contributed by atoms with E-state index in [1.807, 2.05) is 42.5 Å². The van der Waals surface area contributed by atoms with Gasteiger partial charge < -0.3 is 10.6 Å². The molecule has 0 radical (unpaired) electrons. The van der Waals surface area contributed by atoms with Crippen LogP contribution < -0.4 is 10.6 Å². The number of fused-ring (bicyclic) bond motifs is 2. The number of para-hydroxylation sites is 1. The number of hydrogen-bond acceptors (Lipinski definition) is 5. The van der Waals surface area contributed by atoms with Crippen molar-refractivity contribution in [3.63, 3.8) is 0 Å². The third-order valence-electron chi connectivity index (χ3n) is 5.91. The molecule has 0 bridgehead atoms. The molecule has 34 heavy (non-hydrogen) atoms. The Hall–Kier alpha value is -2.51. The fraction of sp³-hybridized carbons (Fsp3) is 0.259. The summed E-state index contributed by atoms with van der Waals surface area (Å²) in [7, 11) is 0. The fourth-order valence-electron chi connectivity index (χ4n) is 4.75. The Kier molecular flexibility index (Phi) is 5.89. The van der Waals surface area contributed by atoms with E-state index in [-0.39, 0.29) is 17.0 Å². The molecular formula is C27H26ClN3OS2. The highest BCUT2D eigenvalue weighted by Gasteiger charge is 2.41. The van der Waals surface area contributed by atoms with E-state index in [1.165, 1.54) is 16.5 Å². The van der Waals surface area contributed by atoms with E-state index in [0.717, 1.165) is 37.8 Å². The molecule has 2 aromatic heterocycles. The smallest absolute Gasteiger partial charge is 0.249 e. The van der Waals surface area contributed by atoms with E-state index < -0.39 is 0 Å². The molecule has 0 fully saturated rings. The average molecular weight is 508 g/mol. The molecule has 0 unspecified atom stereocenters. The van der Waals surface area contributed by atoms with Crippen molar-refractivity contribution in [1.29, 1.82) is 0 Å². The fourth-order valence-corrected chi connectivity index (χ4v) is 7.34. The molecule has 0 saturated carbocycles. The number of halogens is 1. The number of rotatable bonds is 4. The van der Waals surface area contributed by atoms with Crippen LogP contribution in [0.2, 0.25) is 5.02 Å². The van der Waals surface area contributed by atoms with E-state index >= 15 is 0 Å². The first-order valence-corrected chi connectivity index (χ1v) is 13.2. The van der Waals surface area contributed by atoms with Crippen LogP contribution in [0.5, 0.6) is 0 Å². The van der Waals surface area contributed by atoms with Crippen molar-refractivity contribution in [2.45, 2.75) is 45.2 Å². The molecule has 0 saturated heterocycles. The number of anilines is 1. The monoisotopic (exact) mass is 507 g/mol. The third-order valence-corrected chi connectivity index (χ3v) is 8.78. The molecule has 0 spiro atoms. The first-order valence-electron chi connectivity index (χ1n) is 11.2. The summed E-state index contributed by atoms with van der Waals surface area (Å²) in [6.45, 7) is 8.85. The molecule has 3 heterocycles. The highest BCUT2D eigenvalue weighted by Crippen LogP contribution is 2.50. The quantitative estimate of drug-likeness (QED) is 0.281. The maximum absolute atomic E-state index is 13.0. The van der Waals surface area contributed by atoms with Gasteiger partial charge in [0.1, 0.15) is 10.0 Å². The van der Waals surface area contributed by atoms with Gasteiger partial charge in [0.05, 0.1) is 10.2 Å². The van der Waals surface area contributed by atoms with Gasteiger partial charge in [0.15, 0.2) is 0 Å². The van der Waals surface area contributed by atoms with Crippen molar-refractivity contribution < 1.29 is 4.79 Å². The number of thiazole rings is 1. The van der Waals surface area contributed by atoms with Gasteiger partial charge in [-0.05, 0) is 69.5 Å². The Morgan fingerprint density at radius 1 is 1.09 bits per heavy atom. The van der Waals surface area contributed by atoms with Gasteiger partial charge in [-0.15, -0.1) is 22.7 Å². The number of amides is 1. The second-order valence-corrected chi connectivity index (χ2v) is 12.2. The minimum atomic E-state index is -0.219. The van der Waals surface area contributed by atoms with Gasteiger partial charge >= 0.3 is 0 Å². The molecule has 2 N–H and O–H groups in total. The molecule has 1 aliphatic rings. The lowest BCUT2D eigenvalue weighted by molar-refractivity contribution is -0.111. The SMILES string of the molecule is CC1(C)Cc2c(sc(NC(=O)C=Cc3ccccc3Cl)c2-c2nc3ccccc3s2)C(C)(C)N1. The Labute approximate surface area is 212 Å². The molecule has 0 aliphatic carbocycles. The summed E-state index contributed by atoms with van der Waals surface area (Å²) in [5.41, 5.74) is 3.80. The first kappa shape index (κ1) is 23.2. The standard InChI is InChI=1S/C27H26ClN3OS2/c1-26(2)15-17-22(24-29-19-11-7-8-12-20(19)33-24)25(34-23(17)27(3,4)31-26)30-21(32)14-13-16-9-5-6-10-18(16)28/h5-14,31H,15H2,1-4H3,(H,30,32). The summed E-state index contributed by atoms with van der Waals surface area (Å²) >= 11 is 9.55. The lowest BCUT2D eigenvalue weighted by Crippen LogP contribution is -2.54. The molecule has 5 rings (SSSR count). The van der Waals surface area contributed by atoms with Crippen LogP contribution in [-0.4, -0.2) is 16.4 Å². The summed E-state index contributed by atoms with van der Waals surface area (Å²) < 4.78 is 1.14. The summed E-state index contributed by atoms with van der Waals surface area (Å²) in [5.74, 6) is -0.189. The molecule has 1 aliphatic heterocycles. The van der Waals surface area contributed by atoms with Crippen molar-refractivity contribution in [3.05, 3.63) is 75.6 Å². The zero-order valence-corrected chi connectivity index (χ0v) is 21.9. The predicted molar refractivity (Wildman–Crippen MR) is 146 cm³/mol. The van der Waals surface area contributed by atoms with Gasteiger partial charge in [0.25, 0.3) is 0 Å². The van der Waals surface area contributed by atoms with Crippen LogP contribution in [0.3, 0.4) is 0 Å². The number of benzene rings is 2. The number of aromatic nitrogens is 1. The highest BCUT2D eigenvalue weighted by atomic mass is 35.5. The number of nitrogens with one attached hydrogen (secondary N) is 2. The Morgan fingerprint density at radius 2 is 1.82 bits per heavy atom. The summed E-state index contributed by atoms with van der Waals surface area (Å²) in [6.07, 6.45) is 4.14. The van der Waals surface area contributed by atoms with Gasteiger partial charge in [0, 0.05) is 32.6 Å². The predicted octanol–water partition coefficient (Wildman–Crippen LogP) is 7.49. The van der Waals surface area contributed by atoms with Crippen LogP contribution in [-0.2, 0) is 16.8 Å². The maximum Gasteiger partial charge on any atom is 0.249 e. The molecule has 2 aromatic carbocycles. The first-order chi connectivity index (χ1) is 16.1. The van der Waals surface area contributed by atoms with Crippen LogP contribution in [0.1, 0.15) is 43.7 Å². The number of carbonyl (C=O) groups is 1. The minimum absolute atomic E-state index is 0.0752. The van der Waals surface area contributed by atoms with E-state index in [4.69, 9.17) is 16.6 Å². The maximum atomic E-state index is 13.0. The molecule has 4 nitrogen and oxygen atoms in total. The molecule has 174 valence electrons. The average Bonchev–Trinajstić information content (AvgIpc) is 3.33. The molecule has 0 atom stereocenters. The second-order valence-electron chi connectivity index (χ2n) is 9.76. The van der Waals surface area contributed by atoms with Crippen LogP contribution in [0.4, 0.5) is 5.00 Å². The van der Waals surface area contributed by atoms with Crippen molar-refractivity contribution in [2.24, 2.45) is 0 Å². The Balaban J connectivity index is 1.59. The highest BCUT2D eigenvalue weighted by molar-refractivity contribution is 7.23. The lowest BCUT2D eigenvalue weighted by atomic mass is 9.81. The minimum Gasteiger partial charge on any atom is -0.313 e. The van der Waals surface area contributed by atoms with Crippen LogP contribution in [0.15, 0.2) is 54.6 Å². The molecule has 7 heteroatoms. The summed E-state index contributed by atoms with van der Waals surface area (Å²) in [4.78, 5) is 19.2. The van der Waals surface area contributed by atoms with E-state index in [9.17, 15) is 4.79 Å². The number of nitrogens with zero attached hydrogens (tertiary/aromatic N) is 1. The van der Waals surface area contributed by atoms with E-state index in [2.05, 4.69) is 44.4 Å². The number of carbonyl (C=O) groups excluding carboxylic acids is 1. The normalized spacial score (nSPS) is 16.6. The van der Waals surface area contributed by atoms with Gasteiger partial charge in [-0.25, -0.2) is 4.98 Å². The third kappa shape index (κ3) is 4.43. The Morgan fingerprint density at radius 3 is 2.59 bits per heavy atom. The number of hydrogen-bond donors (Lipinski definition) is 2. The van der Waals surface area contributed by atoms with Crippen molar-refractivity contribution in [2.75, 3.05) is 5.32 Å². The van der Waals surface area contributed by atoms with Gasteiger partial charge in [0.2, 0.25) is 5.91 Å². The lowest BCUT2D eigenvalue weighted by Gasteiger charge is -2.42. The Bertz CT molecular complexity index is 1400. The van der Waals surface area contributed by atoms with Crippen molar-refractivity contribution in [3.8, 4) is 10.6 Å².